The van der Waals surface area contributed by atoms with Crippen molar-refractivity contribution in [1.82, 2.24) is 0 Å². The molecule has 4 unspecified atom stereocenters. The van der Waals surface area contributed by atoms with E-state index in [9.17, 15) is 5.11 Å². The molecule has 0 saturated heterocycles. The van der Waals surface area contributed by atoms with Gasteiger partial charge in [0.1, 0.15) is 0 Å². The molecule has 1 heteroatoms. The summed E-state index contributed by atoms with van der Waals surface area (Å²) < 4.78 is 0. The molecule has 0 aromatic rings. The second-order valence-corrected chi connectivity index (χ2v) is 6.18. The van der Waals surface area contributed by atoms with Crippen molar-refractivity contribution >= 4 is 0 Å². The predicted molar refractivity (Wildman–Crippen MR) is 68.1 cm³/mol. The number of rotatable bonds is 1. The topological polar surface area (TPSA) is 20.2 Å². The van der Waals surface area contributed by atoms with E-state index in [1.54, 1.807) is 0 Å². The number of aliphatic hydroxyl groups is 1. The summed E-state index contributed by atoms with van der Waals surface area (Å²) in [7, 11) is 0. The molecule has 4 atom stereocenters. The molecule has 0 aromatic carbocycles. The van der Waals surface area contributed by atoms with Gasteiger partial charge in [0, 0.05) is 5.92 Å². The lowest BCUT2D eigenvalue weighted by molar-refractivity contribution is -0.0210. The Morgan fingerprint density at radius 1 is 1.50 bits per heavy atom. The van der Waals surface area contributed by atoms with Crippen LogP contribution in [-0.4, -0.2) is 11.2 Å². The summed E-state index contributed by atoms with van der Waals surface area (Å²) >= 11 is 0. The van der Waals surface area contributed by atoms with Crippen molar-refractivity contribution in [2.75, 3.05) is 0 Å². The van der Waals surface area contributed by atoms with Crippen LogP contribution in [0.15, 0.2) is 24.3 Å². The molecule has 2 saturated carbocycles. The van der Waals surface area contributed by atoms with Crippen LogP contribution in [0, 0.1) is 17.3 Å². The van der Waals surface area contributed by atoms with Crippen molar-refractivity contribution in [1.29, 1.82) is 0 Å². The second kappa shape index (κ2) is 4.03. The average molecular weight is 220 g/mol. The molecule has 2 aliphatic rings. The van der Waals surface area contributed by atoms with Crippen LogP contribution in [0.2, 0.25) is 0 Å². The summed E-state index contributed by atoms with van der Waals surface area (Å²) in [5.74, 6) is 0.888. The highest BCUT2D eigenvalue weighted by Crippen LogP contribution is 2.54. The van der Waals surface area contributed by atoms with Crippen molar-refractivity contribution in [3.8, 4) is 0 Å². The Labute approximate surface area is 99.3 Å². The molecule has 0 bridgehead atoms. The second-order valence-electron chi connectivity index (χ2n) is 6.18. The third kappa shape index (κ3) is 1.86. The van der Waals surface area contributed by atoms with Crippen molar-refractivity contribution in [3.05, 3.63) is 24.3 Å². The lowest BCUT2D eigenvalue weighted by atomic mass is 9.55. The zero-order valence-electron chi connectivity index (χ0n) is 10.6. The minimum Gasteiger partial charge on any atom is -0.392 e. The molecule has 0 spiro atoms. The van der Waals surface area contributed by atoms with Gasteiger partial charge >= 0.3 is 0 Å². The fourth-order valence-corrected chi connectivity index (χ4v) is 3.82. The fraction of sp³-hybridized carbons (Fsp3) is 0.733. The maximum absolute atomic E-state index is 10.2. The largest absolute Gasteiger partial charge is 0.392 e. The van der Waals surface area contributed by atoms with Gasteiger partial charge < -0.3 is 5.11 Å². The highest BCUT2D eigenvalue weighted by molar-refractivity contribution is 5.17. The van der Waals surface area contributed by atoms with Gasteiger partial charge in [0.2, 0.25) is 0 Å². The normalized spacial score (nSPS) is 43.9. The quantitative estimate of drug-likeness (QED) is 0.668. The third-order valence-corrected chi connectivity index (χ3v) is 4.84. The molecule has 1 nitrogen and oxygen atoms in total. The molecule has 0 amide bonds. The van der Waals surface area contributed by atoms with Crippen LogP contribution in [-0.2, 0) is 0 Å². The van der Waals surface area contributed by atoms with Gasteiger partial charge in [-0.1, -0.05) is 31.2 Å². The Bertz CT molecular complexity index is 317. The Balaban J connectivity index is 2.23. The number of aliphatic hydroxyl groups excluding tert-OH is 1. The van der Waals surface area contributed by atoms with Crippen molar-refractivity contribution in [2.45, 2.75) is 52.1 Å². The molecule has 2 aliphatic carbocycles. The summed E-state index contributed by atoms with van der Waals surface area (Å²) in [5, 5.41) is 10.2. The first-order chi connectivity index (χ1) is 7.44. The average Bonchev–Trinajstić information content (AvgIpc) is 2.15. The van der Waals surface area contributed by atoms with E-state index < -0.39 is 0 Å². The lowest BCUT2D eigenvalue weighted by Gasteiger charge is -2.50. The highest BCUT2D eigenvalue weighted by atomic mass is 16.3. The van der Waals surface area contributed by atoms with Crippen LogP contribution in [0.3, 0.4) is 0 Å². The van der Waals surface area contributed by atoms with Crippen molar-refractivity contribution < 1.29 is 5.11 Å². The molecule has 0 aliphatic heterocycles. The zero-order valence-corrected chi connectivity index (χ0v) is 10.6. The van der Waals surface area contributed by atoms with Gasteiger partial charge in [-0.25, -0.2) is 0 Å². The van der Waals surface area contributed by atoms with Gasteiger partial charge in [-0.3, -0.25) is 0 Å². The summed E-state index contributed by atoms with van der Waals surface area (Å²) in [4.78, 5) is 0. The minimum absolute atomic E-state index is 0.190. The Morgan fingerprint density at radius 3 is 2.81 bits per heavy atom. The maximum atomic E-state index is 10.2. The first-order valence-corrected chi connectivity index (χ1v) is 6.45. The van der Waals surface area contributed by atoms with Crippen molar-refractivity contribution in [3.63, 3.8) is 0 Å². The van der Waals surface area contributed by atoms with E-state index in [4.69, 9.17) is 0 Å². The van der Waals surface area contributed by atoms with E-state index in [2.05, 4.69) is 20.1 Å². The molecule has 2 fully saturated rings. The molecule has 2 rings (SSSR count). The summed E-state index contributed by atoms with van der Waals surface area (Å²) in [6, 6.07) is 0. The van der Waals surface area contributed by atoms with E-state index in [1.165, 1.54) is 24.8 Å². The number of hydrogen-bond acceptors (Lipinski definition) is 1. The van der Waals surface area contributed by atoms with E-state index in [1.807, 2.05) is 6.92 Å². The molecule has 0 heterocycles. The van der Waals surface area contributed by atoms with Gasteiger partial charge in [0.25, 0.3) is 0 Å². The molecule has 0 aromatic heterocycles. The third-order valence-electron chi connectivity index (χ3n) is 4.84. The first-order valence-electron chi connectivity index (χ1n) is 6.45. The maximum Gasteiger partial charge on any atom is 0.0610 e. The fourth-order valence-electron chi connectivity index (χ4n) is 3.82. The van der Waals surface area contributed by atoms with E-state index in [-0.39, 0.29) is 12.0 Å². The van der Waals surface area contributed by atoms with E-state index >= 15 is 0 Å². The number of hydrogen-bond donors (Lipinski definition) is 1. The van der Waals surface area contributed by atoms with Crippen molar-refractivity contribution in [2.24, 2.45) is 17.3 Å². The van der Waals surface area contributed by atoms with Gasteiger partial charge in [-0.2, -0.15) is 0 Å². The van der Waals surface area contributed by atoms with E-state index in [0.717, 1.165) is 18.4 Å². The molecular formula is C15H24O. The molecule has 16 heavy (non-hydrogen) atoms. The van der Waals surface area contributed by atoms with Crippen LogP contribution < -0.4 is 0 Å². The molecule has 1 N–H and O–H groups in total. The molecule has 0 radical (unpaired) electrons. The van der Waals surface area contributed by atoms with Crippen LogP contribution in [0.25, 0.3) is 0 Å². The summed E-state index contributed by atoms with van der Waals surface area (Å²) in [5.41, 5.74) is 2.83. The minimum atomic E-state index is -0.190. The monoisotopic (exact) mass is 220 g/mol. The molecular weight excluding hydrogens is 196 g/mol. The van der Waals surface area contributed by atoms with Crippen LogP contribution in [0.1, 0.15) is 46.0 Å². The SMILES string of the molecule is C=C(C)C1CC2C(=C)CCCC2(C)CC1O. The van der Waals surface area contributed by atoms with Crippen LogP contribution in [0.5, 0.6) is 0 Å². The predicted octanol–water partition coefficient (Wildman–Crippen LogP) is 3.70. The van der Waals surface area contributed by atoms with Crippen LogP contribution in [0.4, 0.5) is 0 Å². The Kier molecular flexibility index (Phi) is 3.00. The Hall–Kier alpha value is -0.560. The van der Waals surface area contributed by atoms with Gasteiger partial charge in [-0.15, -0.1) is 0 Å². The summed E-state index contributed by atoms with van der Waals surface area (Å²) in [6.07, 6.45) is 5.47. The first kappa shape index (κ1) is 11.9. The van der Waals surface area contributed by atoms with E-state index in [0.29, 0.717) is 11.3 Å². The zero-order chi connectivity index (χ0) is 11.9. The highest BCUT2D eigenvalue weighted by Gasteiger charge is 2.46. The number of fused-ring (bicyclic) bond motifs is 1. The van der Waals surface area contributed by atoms with Gasteiger partial charge in [-0.05, 0) is 50.4 Å². The summed E-state index contributed by atoms with van der Waals surface area (Å²) in [6.45, 7) is 12.7. The standard InChI is InChI=1S/C15H24O/c1-10(2)12-8-13-11(3)6-5-7-15(13,4)9-14(12)16/h12-14,16H,1,3,5-9H2,2,4H3. The van der Waals surface area contributed by atoms with Gasteiger partial charge in [0.05, 0.1) is 6.10 Å². The lowest BCUT2D eigenvalue weighted by Crippen LogP contribution is -2.44. The Morgan fingerprint density at radius 2 is 2.19 bits per heavy atom. The smallest absolute Gasteiger partial charge is 0.0610 e. The molecule has 90 valence electrons. The van der Waals surface area contributed by atoms with Crippen LogP contribution >= 0.6 is 0 Å². The van der Waals surface area contributed by atoms with Gasteiger partial charge in [0.15, 0.2) is 0 Å². The number of allylic oxidation sites excluding steroid dienone is 1.